The summed E-state index contributed by atoms with van der Waals surface area (Å²) in [6, 6.07) is 1.74. The van der Waals surface area contributed by atoms with Crippen LogP contribution in [0.4, 0.5) is 11.4 Å². The van der Waals surface area contributed by atoms with Crippen LogP contribution in [0.1, 0.15) is 53.6 Å². The average Bonchev–Trinajstić information content (AvgIpc) is 3.20. The van der Waals surface area contributed by atoms with Gasteiger partial charge < -0.3 is 20.7 Å². The second-order valence-corrected chi connectivity index (χ2v) is 10.4. The van der Waals surface area contributed by atoms with Crippen molar-refractivity contribution in [1.82, 2.24) is 20.1 Å². The number of carbonyl (C=O) groups excluding carboxylic acids is 2. The zero-order valence-corrected chi connectivity index (χ0v) is 23.8. The monoisotopic (exact) mass is 539 g/mol. The lowest BCUT2D eigenvalue weighted by molar-refractivity contribution is -0.122. The standard InChI is InChI=1S/C29H39N7O3.3H2/c1-7-30-16-26(37)33-23-13-25(18(2)31-15-23)34-28(38)29(5)14-22-12-21(8-9-24(22)32-17-29)27-19(3)35-36(20(27)4)10-11-39-6;;;/h12-15,30H,7-11,16-17H2,1-6H3,(H,33,37)(H,34,38);3*1H. The molecule has 0 fully saturated rings. The Bertz CT molecular complexity index is 1370. The summed E-state index contributed by atoms with van der Waals surface area (Å²) in [5.74, 6) is -0.334. The maximum absolute atomic E-state index is 13.6. The van der Waals surface area contributed by atoms with Crippen LogP contribution >= 0.6 is 0 Å². The normalized spacial score (nSPS) is 18.6. The molecule has 1 unspecified atom stereocenters. The van der Waals surface area contributed by atoms with Crippen LogP contribution in [-0.4, -0.2) is 65.6 Å². The molecule has 2 amide bonds. The van der Waals surface area contributed by atoms with Crippen molar-refractivity contribution in [3.63, 3.8) is 0 Å². The number of methoxy groups -OCH3 is 1. The molecule has 0 bridgehead atoms. The number of rotatable bonds is 10. The van der Waals surface area contributed by atoms with Crippen LogP contribution in [0.25, 0.3) is 5.57 Å². The Hall–Kier alpha value is -3.63. The van der Waals surface area contributed by atoms with E-state index in [0.717, 1.165) is 41.1 Å². The van der Waals surface area contributed by atoms with Gasteiger partial charge in [-0.2, -0.15) is 5.10 Å². The van der Waals surface area contributed by atoms with E-state index in [4.69, 9.17) is 14.8 Å². The van der Waals surface area contributed by atoms with Crippen molar-refractivity contribution in [3.8, 4) is 0 Å². The zero-order valence-electron chi connectivity index (χ0n) is 23.8. The number of fused-ring (bicyclic) bond motifs is 1. The first kappa shape index (κ1) is 28.4. The molecule has 1 atom stereocenters. The molecule has 0 saturated heterocycles. The maximum atomic E-state index is 13.6. The smallest absolute Gasteiger partial charge is 0.238 e. The highest BCUT2D eigenvalue weighted by Crippen LogP contribution is 2.37. The number of hydrogen-bond acceptors (Lipinski definition) is 7. The number of likely N-dealkylation sites (N-methyl/N-ethyl adjacent to an activating group) is 1. The number of aryl methyl sites for hydroxylation is 2. The highest BCUT2D eigenvalue weighted by molar-refractivity contribution is 6.09. The van der Waals surface area contributed by atoms with Crippen LogP contribution in [0.2, 0.25) is 0 Å². The molecule has 1 aliphatic heterocycles. The number of anilines is 2. The summed E-state index contributed by atoms with van der Waals surface area (Å²) in [6.45, 7) is 12.4. The molecule has 214 valence electrons. The number of allylic oxidation sites excluding steroid dienone is 3. The van der Waals surface area contributed by atoms with E-state index in [9.17, 15) is 9.59 Å². The molecule has 0 saturated carbocycles. The molecule has 4 rings (SSSR count). The summed E-state index contributed by atoms with van der Waals surface area (Å²) >= 11 is 0. The van der Waals surface area contributed by atoms with Crippen LogP contribution < -0.4 is 16.0 Å². The molecule has 10 heteroatoms. The van der Waals surface area contributed by atoms with E-state index in [1.54, 1.807) is 19.4 Å². The number of aromatic nitrogens is 3. The summed E-state index contributed by atoms with van der Waals surface area (Å²) in [5, 5.41) is 13.6. The molecular weight excluding hydrogens is 494 g/mol. The maximum Gasteiger partial charge on any atom is 0.238 e. The van der Waals surface area contributed by atoms with Crippen LogP contribution in [0.15, 0.2) is 35.0 Å². The molecular formula is C29H45N7O3. The van der Waals surface area contributed by atoms with Gasteiger partial charge in [0.15, 0.2) is 0 Å². The Balaban J connectivity index is 0.00000294. The summed E-state index contributed by atoms with van der Waals surface area (Å²) in [6.07, 6.45) is 7.50. The predicted octanol–water partition coefficient (Wildman–Crippen LogP) is 4.34. The summed E-state index contributed by atoms with van der Waals surface area (Å²) in [7, 11) is 1.69. The molecule has 3 heterocycles. The Labute approximate surface area is 234 Å². The Morgan fingerprint density at radius 3 is 2.72 bits per heavy atom. The largest absolute Gasteiger partial charge is 0.383 e. The van der Waals surface area contributed by atoms with Gasteiger partial charge in [-0.15, -0.1) is 0 Å². The second kappa shape index (κ2) is 12.0. The lowest BCUT2D eigenvalue weighted by atomic mass is 9.79. The second-order valence-electron chi connectivity index (χ2n) is 10.4. The first-order valence-corrected chi connectivity index (χ1v) is 13.4. The summed E-state index contributed by atoms with van der Waals surface area (Å²) < 4.78 is 7.23. The van der Waals surface area contributed by atoms with Gasteiger partial charge in [-0.25, -0.2) is 0 Å². The van der Waals surface area contributed by atoms with Gasteiger partial charge in [0.1, 0.15) is 0 Å². The fourth-order valence-corrected chi connectivity index (χ4v) is 5.01. The number of nitrogens with one attached hydrogen (secondary N) is 3. The Kier molecular flexibility index (Phi) is 8.76. The van der Waals surface area contributed by atoms with Crippen molar-refractivity contribution in [3.05, 3.63) is 52.6 Å². The van der Waals surface area contributed by atoms with Crippen molar-refractivity contribution in [1.29, 1.82) is 0 Å². The van der Waals surface area contributed by atoms with Gasteiger partial charge in [0.05, 0.1) is 60.6 Å². The fourth-order valence-electron chi connectivity index (χ4n) is 5.01. The number of amides is 2. The van der Waals surface area contributed by atoms with Gasteiger partial charge in [0.2, 0.25) is 11.8 Å². The molecule has 2 aromatic heterocycles. The van der Waals surface area contributed by atoms with Gasteiger partial charge in [0, 0.05) is 28.4 Å². The van der Waals surface area contributed by atoms with E-state index in [0.29, 0.717) is 43.3 Å². The third-order valence-electron chi connectivity index (χ3n) is 7.25. The molecule has 0 spiro atoms. The SMILES string of the molecule is CCNCC(=O)Nc1cnc(C)c(NC(=O)C2(C)C=C3C=C(c4c(C)nn(CCOC)c4C)CCC3=NC2)c1.[HH].[HH].[HH]. The van der Waals surface area contributed by atoms with E-state index in [1.807, 2.05) is 38.5 Å². The minimum absolute atomic E-state index is 0. The number of aliphatic imine (C=N–C) groups is 1. The van der Waals surface area contributed by atoms with E-state index in [2.05, 4.69) is 33.9 Å². The summed E-state index contributed by atoms with van der Waals surface area (Å²) in [5.41, 5.74) is 7.44. The van der Waals surface area contributed by atoms with Gasteiger partial charge in [-0.05, 0) is 70.4 Å². The van der Waals surface area contributed by atoms with E-state index in [-0.39, 0.29) is 22.6 Å². The number of dihydropyridines is 1. The number of nitrogens with zero attached hydrogens (tertiary/aromatic N) is 4. The van der Waals surface area contributed by atoms with E-state index < -0.39 is 5.41 Å². The lowest BCUT2D eigenvalue weighted by Gasteiger charge is -2.31. The molecule has 39 heavy (non-hydrogen) atoms. The number of pyridine rings is 1. The van der Waals surface area contributed by atoms with Crippen molar-refractivity contribution < 1.29 is 18.6 Å². The van der Waals surface area contributed by atoms with Gasteiger partial charge >= 0.3 is 0 Å². The van der Waals surface area contributed by atoms with Crippen molar-refractivity contribution >= 4 is 34.5 Å². The highest BCUT2D eigenvalue weighted by atomic mass is 16.5. The van der Waals surface area contributed by atoms with Crippen molar-refractivity contribution in [2.45, 2.75) is 54.0 Å². The van der Waals surface area contributed by atoms with Crippen LogP contribution in [0, 0.1) is 26.2 Å². The number of carbonyl (C=O) groups is 2. The van der Waals surface area contributed by atoms with E-state index in [1.165, 1.54) is 5.57 Å². The molecule has 10 nitrogen and oxygen atoms in total. The van der Waals surface area contributed by atoms with Crippen molar-refractivity contribution in [2.24, 2.45) is 10.4 Å². The summed E-state index contributed by atoms with van der Waals surface area (Å²) in [4.78, 5) is 34.9. The van der Waals surface area contributed by atoms with Crippen LogP contribution in [0.5, 0.6) is 0 Å². The number of ether oxygens (including phenoxy) is 1. The van der Waals surface area contributed by atoms with Crippen LogP contribution in [0.3, 0.4) is 0 Å². The topological polar surface area (TPSA) is 123 Å². The number of hydrogen-bond donors (Lipinski definition) is 3. The molecule has 2 aliphatic rings. The third kappa shape index (κ3) is 6.34. The zero-order chi connectivity index (χ0) is 28.2. The highest BCUT2D eigenvalue weighted by Gasteiger charge is 2.36. The molecule has 2 aromatic rings. The molecule has 3 N–H and O–H groups in total. The molecule has 0 aromatic carbocycles. The minimum Gasteiger partial charge on any atom is -0.383 e. The van der Waals surface area contributed by atoms with Gasteiger partial charge in [-0.3, -0.25) is 24.2 Å². The van der Waals surface area contributed by atoms with Crippen LogP contribution in [-0.2, 0) is 20.9 Å². The van der Waals surface area contributed by atoms with E-state index >= 15 is 0 Å². The lowest BCUT2D eigenvalue weighted by Crippen LogP contribution is -2.38. The Morgan fingerprint density at radius 2 is 1.97 bits per heavy atom. The van der Waals surface area contributed by atoms with Gasteiger partial charge in [-0.1, -0.05) is 13.0 Å². The first-order chi connectivity index (χ1) is 18.6. The molecule has 0 radical (unpaired) electrons. The first-order valence-electron chi connectivity index (χ1n) is 13.4. The van der Waals surface area contributed by atoms with Crippen molar-refractivity contribution in [2.75, 3.05) is 44.0 Å². The third-order valence-corrected chi connectivity index (χ3v) is 7.25. The quantitative estimate of drug-likeness (QED) is 0.413. The average molecular weight is 540 g/mol. The minimum atomic E-state index is -0.832. The predicted molar refractivity (Wildman–Crippen MR) is 160 cm³/mol. The molecule has 1 aliphatic carbocycles. The Morgan fingerprint density at radius 1 is 1.18 bits per heavy atom. The van der Waals surface area contributed by atoms with Gasteiger partial charge in [0.25, 0.3) is 0 Å². The fraction of sp³-hybridized carbons (Fsp3) is 0.483.